The SMILES string of the molecule is Cc1ccc(CNC(=O)[C@H](C)N)c(C)c1.Cl. The molecule has 0 heterocycles. The summed E-state index contributed by atoms with van der Waals surface area (Å²) >= 11 is 0. The maximum atomic E-state index is 11.3. The zero-order chi connectivity index (χ0) is 11.4. The molecule has 16 heavy (non-hydrogen) atoms. The summed E-state index contributed by atoms with van der Waals surface area (Å²) in [5.74, 6) is -0.116. The van der Waals surface area contributed by atoms with Crippen molar-refractivity contribution < 1.29 is 4.79 Å². The first kappa shape index (κ1) is 14.9. The number of halogens is 1. The van der Waals surface area contributed by atoms with Crippen LogP contribution in [0.15, 0.2) is 18.2 Å². The van der Waals surface area contributed by atoms with Gasteiger partial charge in [-0.2, -0.15) is 0 Å². The Bertz CT molecular complexity index is 364. The number of benzene rings is 1. The smallest absolute Gasteiger partial charge is 0.236 e. The molecule has 0 fully saturated rings. The van der Waals surface area contributed by atoms with Crippen LogP contribution in [0.4, 0.5) is 0 Å². The van der Waals surface area contributed by atoms with Gasteiger partial charge in [-0.05, 0) is 31.9 Å². The number of nitrogens with one attached hydrogen (secondary N) is 1. The zero-order valence-corrected chi connectivity index (χ0v) is 10.7. The van der Waals surface area contributed by atoms with Crippen LogP contribution in [-0.4, -0.2) is 11.9 Å². The van der Waals surface area contributed by atoms with Gasteiger partial charge in [0.05, 0.1) is 6.04 Å². The first-order valence-electron chi connectivity index (χ1n) is 5.10. The molecule has 1 amide bonds. The first-order valence-corrected chi connectivity index (χ1v) is 5.10. The summed E-state index contributed by atoms with van der Waals surface area (Å²) in [4.78, 5) is 11.3. The van der Waals surface area contributed by atoms with E-state index in [2.05, 4.69) is 18.3 Å². The number of hydrogen-bond acceptors (Lipinski definition) is 2. The molecule has 0 aliphatic rings. The average Bonchev–Trinajstić information content (AvgIpc) is 2.15. The fourth-order valence-electron chi connectivity index (χ4n) is 1.39. The van der Waals surface area contributed by atoms with Gasteiger partial charge in [-0.1, -0.05) is 23.8 Å². The molecule has 0 saturated heterocycles. The van der Waals surface area contributed by atoms with Gasteiger partial charge >= 0.3 is 0 Å². The van der Waals surface area contributed by atoms with Gasteiger partial charge in [0.25, 0.3) is 0 Å². The van der Waals surface area contributed by atoms with E-state index in [0.29, 0.717) is 6.54 Å². The van der Waals surface area contributed by atoms with Crippen molar-refractivity contribution in [2.75, 3.05) is 0 Å². The maximum absolute atomic E-state index is 11.3. The topological polar surface area (TPSA) is 55.1 Å². The van der Waals surface area contributed by atoms with Crippen molar-refractivity contribution >= 4 is 18.3 Å². The van der Waals surface area contributed by atoms with Crippen molar-refractivity contribution in [2.45, 2.75) is 33.4 Å². The molecular weight excluding hydrogens is 224 g/mol. The van der Waals surface area contributed by atoms with Crippen LogP contribution in [0, 0.1) is 13.8 Å². The van der Waals surface area contributed by atoms with Crippen LogP contribution in [0.3, 0.4) is 0 Å². The van der Waals surface area contributed by atoms with E-state index in [1.54, 1.807) is 6.92 Å². The molecule has 0 spiro atoms. The monoisotopic (exact) mass is 242 g/mol. The van der Waals surface area contributed by atoms with Crippen molar-refractivity contribution in [3.05, 3.63) is 34.9 Å². The van der Waals surface area contributed by atoms with Gasteiger partial charge in [-0.25, -0.2) is 0 Å². The number of rotatable bonds is 3. The predicted octanol–water partition coefficient (Wildman–Crippen LogP) is 1.69. The average molecular weight is 243 g/mol. The maximum Gasteiger partial charge on any atom is 0.236 e. The van der Waals surface area contributed by atoms with E-state index in [-0.39, 0.29) is 18.3 Å². The van der Waals surface area contributed by atoms with Gasteiger partial charge in [0.1, 0.15) is 0 Å². The van der Waals surface area contributed by atoms with E-state index < -0.39 is 6.04 Å². The van der Waals surface area contributed by atoms with Crippen molar-refractivity contribution in [1.82, 2.24) is 5.32 Å². The lowest BCUT2D eigenvalue weighted by molar-refractivity contribution is -0.122. The molecule has 4 heteroatoms. The Labute approximate surface area is 103 Å². The summed E-state index contributed by atoms with van der Waals surface area (Å²) in [6.07, 6.45) is 0. The van der Waals surface area contributed by atoms with Crippen LogP contribution in [0.5, 0.6) is 0 Å². The second kappa shape index (κ2) is 6.51. The van der Waals surface area contributed by atoms with Crippen LogP contribution in [-0.2, 0) is 11.3 Å². The molecule has 1 aromatic carbocycles. The lowest BCUT2D eigenvalue weighted by atomic mass is 10.1. The van der Waals surface area contributed by atoms with Gasteiger partial charge in [-0.15, -0.1) is 12.4 Å². The Kier molecular flexibility index (Phi) is 6.08. The fraction of sp³-hybridized carbons (Fsp3) is 0.417. The van der Waals surface area contributed by atoms with E-state index in [9.17, 15) is 4.79 Å². The summed E-state index contributed by atoms with van der Waals surface area (Å²) in [6.45, 7) is 6.32. The van der Waals surface area contributed by atoms with Crippen LogP contribution >= 0.6 is 12.4 Å². The minimum atomic E-state index is -0.448. The molecule has 1 atom stereocenters. The van der Waals surface area contributed by atoms with Crippen molar-refractivity contribution in [1.29, 1.82) is 0 Å². The highest BCUT2D eigenvalue weighted by molar-refractivity contribution is 5.85. The number of hydrogen-bond donors (Lipinski definition) is 2. The molecular formula is C12H19ClN2O. The summed E-state index contributed by atoms with van der Waals surface area (Å²) in [7, 11) is 0. The summed E-state index contributed by atoms with van der Waals surface area (Å²) < 4.78 is 0. The minimum absolute atomic E-state index is 0. The van der Waals surface area contributed by atoms with Crippen molar-refractivity contribution in [3.63, 3.8) is 0 Å². The Morgan fingerprint density at radius 2 is 2.06 bits per heavy atom. The molecule has 0 aliphatic carbocycles. The molecule has 3 N–H and O–H groups in total. The van der Waals surface area contributed by atoms with Gasteiger partial charge in [0.2, 0.25) is 5.91 Å². The quantitative estimate of drug-likeness (QED) is 0.848. The normalized spacial score (nSPS) is 11.5. The highest BCUT2D eigenvalue weighted by Crippen LogP contribution is 2.09. The lowest BCUT2D eigenvalue weighted by Crippen LogP contribution is -2.37. The highest BCUT2D eigenvalue weighted by Gasteiger charge is 2.06. The Hall–Kier alpha value is -1.06. The van der Waals surface area contributed by atoms with E-state index in [4.69, 9.17) is 5.73 Å². The molecule has 0 saturated carbocycles. The van der Waals surface area contributed by atoms with Crippen LogP contribution in [0.2, 0.25) is 0 Å². The number of carbonyl (C=O) groups is 1. The van der Waals surface area contributed by atoms with E-state index in [0.717, 1.165) is 5.56 Å². The van der Waals surface area contributed by atoms with Crippen LogP contribution in [0.25, 0.3) is 0 Å². The van der Waals surface area contributed by atoms with E-state index >= 15 is 0 Å². The number of amides is 1. The third-order valence-electron chi connectivity index (χ3n) is 2.36. The van der Waals surface area contributed by atoms with Gasteiger partial charge < -0.3 is 11.1 Å². The van der Waals surface area contributed by atoms with Crippen LogP contribution < -0.4 is 11.1 Å². The number of nitrogens with two attached hydrogens (primary N) is 1. The molecule has 90 valence electrons. The Morgan fingerprint density at radius 3 is 2.56 bits per heavy atom. The molecule has 1 rings (SSSR count). The van der Waals surface area contributed by atoms with Gasteiger partial charge in [0.15, 0.2) is 0 Å². The Morgan fingerprint density at radius 1 is 1.44 bits per heavy atom. The van der Waals surface area contributed by atoms with E-state index in [1.807, 2.05) is 19.1 Å². The fourth-order valence-corrected chi connectivity index (χ4v) is 1.39. The van der Waals surface area contributed by atoms with Crippen molar-refractivity contribution in [2.24, 2.45) is 5.73 Å². The summed E-state index contributed by atoms with van der Waals surface area (Å²) in [6, 6.07) is 5.73. The third-order valence-corrected chi connectivity index (χ3v) is 2.36. The third kappa shape index (κ3) is 4.21. The highest BCUT2D eigenvalue weighted by atomic mass is 35.5. The molecule has 0 radical (unpaired) electrons. The lowest BCUT2D eigenvalue weighted by Gasteiger charge is -2.10. The first-order chi connectivity index (χ1) is 7.00. The standard InChI is InChI=1S/C12H18N2O.ClH/c1-8-4-5-11(9(2)6-8)7-14-12(15)10(3)13;/h4-6,10H,7,13H2,1-3H3,(H,14,15);1H/t10-;/m0./s1. The molecule has 3 nitrogen and oxygen atoms in total. The molecule has 0 aliphatic heterocycles. The van der Waals surface area contributed by atoms with Gasteiger partial charge in [0, 0.05) is 6.54 Å². The van der Waals surface area contributed by atoms with Crippen LogP contribution in [0.1, 0.15) is 23.6 Å². The summed E-state index contributed by atoms with van der Waals surface area (Å²) in [5.41, 5.74) is 9.01. The number of carbonyl (C=O) groups excluding carboxylic acids is 1. The summed E-state index contributed by atoms with van der Waals surface area (Å²) in [5, 5.41) is 2.79. The molecule has 0 unspecified atom stereocenters. The largest absolute Gasteiger partial charge is 0.351 e. The Balaban J connectivity index is 0.00000225. The predicted molar refractivity (Wildman–Crippen MR) is 68.7 cm³/mol. The zero-order valence-electron chi connectivity index (χ0n) is 9.91. The van der Waals surface area contributed by atoms with E-state index in [1.165, 1.54) is 11.1 Å². The second-order valence-corrected chi connectivity index (χ2v) is 3.94. The molecule has 1 aromatic rings. The van der Waals surface area contributed by atoms with Crippen molar-refractivity contribution in [3.8, 4) is 0 Å². The second-order valence-electron chi connectivity index (χ2n) is 3.94. The van der Waals surface area contributed by atoms with Gasteiger partial charge in [-0.3, -0.25) is 4.79 Å². The molecule has 0 bridgehead atoms. The number of aryl methyl sites for hydroxylation is 2. The minimum Gasteiger partial charge on any atom is -0.351 e. The molecule has 0 aromatic heterocycles.